The number of hydrogen-bond acceptors (Lipinski definition) is 0. The fourth-order valence-electron chi connectivity index (χ4n) is 7.28. The SMILES string of the molecule is c1cc2ccc3cccc4ccc(c1)c2c34.c1ccc2c(c1)Cc1c-2cccc1-c1cccc2cc3ccccc3cc12. The van der Waals surface area contributed by atoms with E-state index < -0.39 is 0 Å². The van der Waals surface area contributed by atoms with E-state index >= 15 is 0 Å². The minimum absolute atomic E-state index is 1.02. The van der Waals surface area contributed by atoms with Crippen molar-refractivity contribution in [3.05, 3.63) is 169 Å². The second kappa shape index (κ2) is 9.54. The first-order chi connectivity index (χ1) is 21.3. The smallest absolute Gasteiger partial charge is 0.000728 e. The molecule has 0 unspecified atom stereocenters. The molecule has 200 valence electrons. The van der Waals surface area contributed by atoms with Gasteiger partial charge in [-0.1, -0.05) is 146 Å². The van der Waals surface area contributed by atoms with Crippen molar-refractivity contribution < 1.29 is 0 Å². The third-order valence-corrected chi connectivity index (χ3v) is 9.28. The second-order valence-corrected chi connectivity index (χ2v) is 11.7. The lowest BCUT2D eigenvalue weighted by Crippen LogP contribution is -1.89. The maximum Gasteiger partial charge on any atom is -0.000728 e. The Morgan fingerprint density at radius 3 is 1.42 bits per heavy atom. The van der Waals surface area contributed by atoms with Crippen LogP contribution in [0.2, 0.25) is 0 Å². The molecule has 0 spiro atoms. The number of hydrogen-bond donors (Lipinski definition) is 0. The van der Waals surface area contributed by atoms with Crippen LogP contribution < -0.4 is 0 Å². The Morgan fingerprint density at radius 1 is 0.302 bits per heavy atom. The third kappa shape index (κ3) is 3.84. The molecule has 0 heteroatoms. The minimum Gasteiger partial charge on any atom is -0.0619 e. The van der Waals surface area contributed by atoms with Gasteiger partial charge in [-0.2, -0.15) is 0 Å². The molecule has 0 fully saturated rings. The molecule has 0 aliphatic heterocycles. The molecular formula is C43H28. The fraction of sp³-hybridized carbons (Fsp3) is 0.0233. The zero-order chi connectivity index (χ0) is 28.3. The number of benzene rings is 9. The van der Waals surface area contributed by atoms with E-state index in [1.54, 1.807) is 0 Å². The molecule has 10 rings (SSSR count). The molecule has 9 aromatic rings. The quantitative estimate of drug-likeness (QED) is 0.142. The van der Waals surface area contributed by atoms with E-state index in [1.807, 2.05) is 0 Å². The molecule has 9 aromatic carbocycles. The lowest BCUT2D eigenvalue weighted by atomic mass is 9.91. The van der Waals surface area contributed by atoms with Crippen LogP contribution in [-0.4, -0.2) is 0 Å². The van der Waals surface area contributed by atoms with Crippen LogP contribution in [0.15, 0.2) is 158 Å². The average Bonchev–Trinajstić information content (AvgIpc) is 3.46. The maximum atomic E-state index is 2.35. The molecule has 0 saturated carbocycles. The van der Waals surface area contributed by atoms with Crippen molar-refractivity contribution in [1.82, 2.24) is 0 Å². The summed E-state index contributed by atoms with van der Waals surface area (Å²) in [7, 11) is 0. The highest BCUT2D eigenvalue weighted by atomic mass is 14.2. The Labute approximate surface area is 250 Å². The maximum absolute atomic E-state index is 2.35. The van der Waals surface area contributed by atoms with Crippen LogP contribution in [0.25, 0.3) is 76.1 Å². The van der Waals surface area contributed by atoms with Crippen molar-refractivity contribution in [1.29, 1.82) is 0 Å². The summed E-state index contributed by atoms with van der Waals surface area (Å²) in [5, 5.41) is 13.4. The van der Waals surface area contributed by atoms with Gasteiger partial charge in [0.25, 0.3) is 0 Å². The van der Waals surface area contributed by atoms with Gasteiger partial charge >= 0.3 is 0 Å². The van der Waals surface area contributed by atoms with Gasteiger partial charge < -0.3 is 0 Å². The van der Waals surface area contributed by atoms with Gasteiger partial charge in [-0.05, 0) is 106 Å². The Bertz CT molecular complexity index is 2350. The molecule has 0 radical (unpaired) electrons. The Morgan fingerprint density at radius 2 is 0.744 bits per heavy atom. The minimum atomic E-state index is 1.02. The van der Waals surface area contributed by atoms with E-state index in [4.69, 9.17) is 0 Å². The van der Waals surface area contributed by atoms with Gasteiger partial charge in [0.05, 0.1) is 0 Å². The molecule has 0 bridgehead atoms. The van der Waals surface area contributed by atoms with E-state index in [2.05, 4.69) is 158 Å². The molecule has 1 aliphatic rings. The van der Waals surface area contributed by atoms with E-state index in [9.17, 15) is 0 Å². The third-order valence-electron chi connectivity index (χ3n) is 9.28. The van der Waals surface area contributed by atoms with E-state index in [1.165, 1.54) is 87.2 Å². The summed E-state index contributed by atoms with van der Waals surface area (Å²) in [5.41, 5.74) is 8.37. The van der Waals surface area contributed by atoms with Crippen LogP contribution in [0.4, 0.5) is 0 Å². The molecule has 1 aliphatic carbocycles. The first-order valence-electron chi connectivity index (χ1n) is 15.1. The van der Waals surface area contributed by atoms with Crippen molar-refractivity contribution in [2.24, 2.45) is 0 Å². The zero-order valence-electron chi connectivity index (χ0n) is 23.7. The summed E-state index contributed by atoms with van der Waals surface area (Å²) in [6.45, 7) is 0. The van der Waals surface area contributed by atoms with Gasteiger partial charge in [0, 0.05) is 0 Å². The van der Waals surface area contributed by atoms with Crippen LogP contribution in [0.3, 0.4) is 0 Å². The normalized spacial score (nSPS) is 12.1. The van der Waals surface area contributed by atoms with Crippen LogP contribution in [-0.2, 0) is 6.42 Å². The predicted molar refractivity (Wildman–Crippen MR) is 185 cm³/mol. The van der Waals surface area contributed by atoms with Crippen molar-refractivity contribution in [2.45, 2.75) is 6.42 Å². The number of fused-ring (bicyclic) bond motifs is 5. The van der Waals surface area contributed by atoms with Gasteiger partial charge in [0.15, 0.2) is 0 Å². The largest absolute Gasteiger partial charge is 0.0619 e. The fourth-order valence-corrected chi connectivity index (χ4v) is 7.28. The average molecular weight is 545 g/mol. The van der Waals surface area contributed by atoms with Gasteiger partial charge in [0.2, 0.25) is 0 Å². The highest BCUT2D eigenvalue weighted by molar-refractivity contribution is 6.22. The predicted octanol–water partition coefficient (Wildman–Crippen LogP) is 11.8. The summed E-state index contributed by atoms with van der Waals surface area (Å²) < 4.78 is 0. The Kier molecular flexibility index (Phi) is 5.36. The highest BCUT2D eigenvalue weighted by Gasteiger charge is 2.21. The van der Waals surface area contributed by atoms with Crippen molar-refractivity contribution >= 4 is 53.9 Å². The van der Waals surface area contributed by atoms with Crippen molar-refractivity contribution in [3.63, 3.8) is 0 Å². The van der Waals surface area contributed by atoms with Crippen LogP contribution in [0, 0.1) is 0 Å². The molecule has 0 saturated heterocycles. The lowest BCUT2D eigenvalue weighted by molar-refractivity contribution is 1.26. The van der Waals surface area contributed by atoms with Crippen LogP contribution >= 0.6 is 0 Å². The van der Waals surface area contributed by atoms with Crippen molar-refractivity contribution in [2.75, 3.05) is 0 Å². The van der Waals surface area contributed by atoms with Gasteiger partial charge in [-0.25, -0.2) is 0 Å². The molecule has 0 atom stereocenters. The van der Waals surface area contributed by atoms with Crippen LogP contribution in [0.1, 0.15) is 11.1 Å². The highest BCUT2D eigenvalue weighted by Crippen LogP contribution is 2.43. The second-order valence-electron chi connectivity index (χ2n) is 11.7. The summed E-state index contributed by atoms with van der Waals surface area (Å²) in [6.07, 6.45) is 1.02. The van der Waals surface area contributed by atoms with Crippen LogP contribution in [0.5, 0.6) is 0 Å². The van der Waals surface area contributed by atoms with Gasteiger partial charge in [0.1, 0.15) is 0 Å². The zero-order valence-corrected chi connectivity index (χ0v) is 23.7. The van der Waals surface area contributed by atoms with E-state index in [-0.39, 0.29) is 0 Å². The summed E-state index contributed by atoms with van der Waals surface area (Å²) in [5.74, 6) is 0. The molecular weight excluding hydrogens is 516 g/mol. The van der Waals surface area contributed by atoms with Gasteiger partial charge in [-0.3, -0.25) is 0 Å². The molecule has 0 nitrogen and oxygen atoms in total. The lowest BCUT2D eigenvalue weighted by Gasteiger charge is -2.13. The molecule has 0 aromatic heterocycles. The van der Waals surface area contributed by atoms with Gasteiger partial charge in [-0.15, -0.1) is 0 Å². The van der Waals surface area contributed by atoms with E-state index in [0.29, 0.717) is 0 Å². The standard InChI is InChI=1S/C27H18.C16H10/c1-2-8-19-16-26-20(15-18(19)7-1)10-5-12-24(26)25-14-6-13-23-22-11-4-3-9-21(22)17-27(23)25;1-3-11-7-9-13-5-2-6-14-10-8-12(4-1)15(11)16(13)14/h1-16H,17H2;1-10H. The number of rotatable bonds is 1. The first-order valence-corrected chi connectivity index (χ1v) is 15.1. The first kappa shape index (κ1) is 24.2. The molecule has 0 N–H and O–H groups in total. The summed E-state index contributed by atoms with van der Waals surface area (Å²) >= 11 is 0. The Balaban J connectivity index is 0.000000138. The Hall–Kier alpha value is -5.46. The molecule has 0 heterocycles. The summed E-state index contributed by atoms with van der Waals surface area (Å²) in [4.78, 5) is 0. The summed E-state index contributed by atoms with van der Waals surface area (Å²) in [6, 6.07) is 57.4. The molecule has 0 amide bonds. The monoisotopic (exact) mass is 544 g/mol. The topological polar surface area (TPSA) is 0 Å². The molecule has 43 heavy (non-hydrogen) atoms. The van der Waals surface area contributed by atoms with E-state index in [0.717, 1.165) is 6.42 Å². The van der Waals surface area contributed by atoms with Crippen molar-refractivity contribution in [3.8, 4) is 22.3 Å².